The maximum atomic E-state index is 13.9. The van der Waals surface area contributed by atoms with E-state index in [1.54, 1.807) is 6.92 Å². The van der Waals surface area contributed by atoms with Crippen molar-refractivity contribution in [3.63, 3.8) is 0 Å². The fourth-order valence-electron chi connectivity index (χ4n) is 12.6. The van der Waals surface area contributed by atoms with Crippen molar-refractivity contribution in [3.05, 3.63) is 0 Å². The number of ketones is 2. The molecule has 0 aromatic heterocycles. The third-order valence-corrected chi connectivity index (χ3v) is 18.9. The predicted octanol–water partition coefficient (Wildman–Crippen LogP) is -2.96. The van der Waals surface area contributed by atoms with Crippen LogP contribution in [-0.4, -0.2) is 320 Å². The summed E-state index contributed by atoms with van der Waals surface area (Å²) in [4.78, 5) is 138. The van der Waals surface area contributed by atoms with Crippen molar-refractivity contribution in [2.24, 2.45) is 0 Å². The normalized spacial score (nSPS) is 24.1. The van der Waals surface area contributed by atoms with Crippen molar-refractivity contribution in [1.29, 1.82) is 0 Å². The highest BCUT2D eigenvalue weighted by atomic mass is 16.7. The van der Waals surface area contributed by atoms with Gasteiger partial charge in [0.15, 0.2) is 18.9 Å². The number of nitrogens with one attached hydrogen (secondary N) is 9. The van der Waals surface area contributed by atoms with Crippen molar-refractivity contribution >= 4 is 64.7 Å². The molecule has 652 valence electrons. The van der Waals surface area contributed by atoms with Crippen molar-refractivity contribution in [3.8, 4) is 0 Å². The van der Waals surface area contributed by atoms with Crippen LogP contribution in [0, 0.1) is 0 Å². The van der Waals surface area contributed by atoms with Gasteiger partial charge in [0.25, 0.3) is 0 Å². The molecule has 3 saturated heterocycles. The van der Waals surface area contributed by atoms with Crippen LogP contribution >= 0.6 is 0 Å². The van der Waals surface area contributed by atoms with E-state index >= 15 is 0 Å². The highest BCUT2D eigenvalue weighted by Gasteiger charge is 2.48. The number of hydrogen-bond acceptors (Lipinski definition) is 29. The standard InChI is InChI=1S/C75H133N9O29/c1-49(88)23-11-9-7-5-6-8-10-12-28-62(98)84-75(46-105-40-29-59(95)76-32-17-13-24-53(92)25-14-18-37-108-72-63(81-50(2)89)69(102)66(99)54(43-85)111-72,47-106-41-30-60(96)79-35-21-33-77-57(93)26-15-19-38-109-73-64(82-51(3)90)70(103)67(100)55(44-86)112-73)48-107-42-31-61(97)80-36-22-34-78-58(94)27-16-20-39-110-74-65(83-52(4)91)71(104)68(101)56(45-87)113-74/h54-56,63-74,85-87,99-104H,5-48H2,1-4H3,(H,76,95)(H,77,93)(H,78,94)(H,79,96)(H,80,97)(H,81,89)(H,82,90)(H,83,91)(H,84,98). The lowest BCUT2D eigenvalue weighted by Gasteiger charge is -2.42. The second kappa shape index (κ2) is 59.5. The smallest absolute Gasteiger partial charge is 0.222 e. The van der Waals surface area contributed by atoms with E-state index in [1.807, 2.05) is 0 Å². The van der Waals surface area contributed by atoms with Gasteiger partial charge in [-0.05, 0) is 84.0 Å². The number of rotatable bonds is 64. The Morgan fingerprint density at radius 2 is 0.584 bits per heavy atom. The maximum Gasteiger partial charge on any atom is 0.222 e. The Bertz CT molecular complexity index is 2520. The van der Waals surface area contributed by atoms with Crippen LogP contribution in [0.4, 0.5) is 0 Å². The first-order valence-electron chi connectivity index (χ1n) is 40.1. The van der Waals surface area contributed by atoms with E-state index in [-0.39, 0.29) is 191 Å². The highest BCUT2D eigenvalue weighted by molar-refractivity contribution is 5.80. The lowest BCUT2D eigenvalue weighted by molar-refractivity contribution is -0.270. The summed E-state index contributed by atoms with van der Waals surface area (Å²) in [7, 11) is 0. The van der Waals surface area contributed by atoms with Crippen molar-refractivity contribution in [2.75, 3.05) is 112 Å². The largest absolute Gasteiger partial charge is 0.394 e. The van der Waals surface area contributed by atoms with Crippen LogP contribution in [0.25, 0.3) is 0 Å². The summed E-state index contributed by atoms with van der Waals surface area (Å²) in [6, 6.07) is -3.26. The molecule has 0 spiro atoms. The Balaban J connectivity index is 1.55. The number of aliphatic hydroxyl groups is 9. The number of aliphatic hydroxyl groups excluding tert-OH is 9. The average molecular weight is 1620 g/mol. The Morgan fingerprint density at radius 1 is 0.310 bits per heavy atom. The zero-order valence-corrected chi connectivity index (χ0v) is 66.5. The summed E-state index contributed by atoms with van der Waals surface area (Å²) >= 11 is 0. The Hall–Kier alpha value is -6.15. The molecule has 0 bridgehead atoms. The lowest BCUT2D eigenvalue weighted by atomic mass is 9.97. The molecule has 0 aliphatic carbocycles. The monoisotopic (exact) mass is 1620 g/mol. The molecule has 3 heterocycles. The number of ether oxygens (including phenoxy) is 9. The Morgan fingerprint density at radius 3 is 0.903 bits per heavy atom. The summed E-state index contributed by atoms with van der Waals surface area (Å²) in [5.74, 6) is -3.19. The molecular weight excluding hydrogens is 1490 g/mol. The first-order chi connectivity index (χ1) is 54.1. The second-order valence-electron chi connectivity index (χ2n) is 29.0. The Kier molecular flexibility index (Phi) is 53.2. The molecule has 0 saturated carbocycles. The summed E-state index contributed by atoms with van der Waals surface area (Å²) in [5.41, 5.74) is -1.40. The highest BCUT2D eigenvalue weighted by Crippen LogP contribution is 2.26. The van der Waals surface area contributed by atoms with Crippen molar-refractivity contribution < 1.29 is 141 Å². The zero-order valence-electron chi connectivity index (χ0n) is 66.5. The number of hydrogen-bond donors (Lipinski definition) is 18. The number of carbonyl (C=O) groups excluding carboxylic acids is 11. The molecule has 15 atom stereocenters. The van der Waals surface area contributed by atoms with E-state index in [2.05, 4.69) is 47.9 Å². The lowest BCUT2D eigenvalue weighted by Crippen LogP contribution is -2.64. The minimum atomic E-state index is -1.46. The van der Waals surface area contributed by atoms with Gasteiger partial charge in [0, 0.05) is 131 Å². The van der Waals surface area contributed by atoms with Gasteiger partial charge in [-0.25, -0.2) is 0 Å². The third kappa shape index (κ3) is 43.6. The molecule has 3 aliphatic heterocycles. The molecule has 38 heteroatoms. The van der Waals surface area contributed by atoms with E-state index in [0.29, 0.717) is 77.0 Å². The molecule has 0 radical (unpaired) electrons. The molecule has 18 N–H and O–H groups in total. The average Bonchev–Trinajstić information content (AvgIpc) is 0.820. The third-order valence-electron chi connectivity index (χ3n) is 18.9. The molecule has 0 aromatic rings. The molecule has 3 rings (SSSR count). The summed E-state index contributed by atoms with van der Waals surface area (Å²) in [5, 5.41) is 116. The van der Waals surface area contributed by atoms with Crippen LogP contribution < -0.4 is 47.9 Å². The molecule has 113 heavy (non-hydrogen) atoms. The topological polar surface area (TPSA) is 561 Å². The van der Waals surface area contributed by atoms with E-state index < -0.39 is 135 Å². The number of amides is 9. The summed E-state index contributed by atoms with van der Waals surface area (Å²) in [6.07, 6.45) is -2.96. The van der Waals surface area contributed by atoms with Gasteiger partial charge in [-0.3, -0.25) is 47.9 Å². The van der Waals surface area contributed by atoms with E-state index in [0.717, 1.165) is 44.9 Å². The van der Waals surface area contributed by atoms with Gasteiger partial charge in [-0.2, -0.15) is 0 Å². The van der Waals surface area contributed by atoms with Gasteiger partial charge >= 0.3 is 0 Å². The minimum absolute atomic E-state index is 0.00247. The van der Waals surface area contributed by atoms with E-state index in [1.165, 1.54) is 20.8 Å². The maximum absolute atomic E-state index is 13.9. The molecule has 38 nitrogen and oxygen atoms in total. The zero-order chi connectivity index (χ0) is 83.4. The molecule has 0 aromatic carbocycles. The minimum Gasteiger partial charge on any atom is -0.394 e. The molecule has 3 fully saturated rings. The first kappa shape index (κ1) is 101. The van der Waals surface area contributed by atoms with E-state index in [9.17, 15) is 98.7 Å². The van der Waals surface area contributed by atoms with Gasteiger partial charge in [0.2, 0.25) is 53.2 Å². The molecular formula is C75H133N9O29. The fraction of sp³-hybridized carbons (Fsp3) is 0.853. The van der Waals surface area contributed by atoms with Crippen LogP contribution in [0.15, 0.2) is 0 Å². The Labute approximate surface area is 662 Å². The van der Waals surface area contributed by atoms with Crippen molar-refractivity contribution in [1.82, 2.24) is 47.9 Å². The van der Waals surface area contributed by atoms with Gasteiger partial charge in [0.05, 0.1) is 59.5 Å². The summed E-state index contributed by atoms with van der Waals surface area (Å²) in [6.45, 7) is 4.00. The number of Topliss-reactive ketones (excluding diaryl/α,β-unsaturated/α-hetero) is 2. The first-order valence-corrected chi connectivity index (χ1v) is 40.1. The fourth-order valence-corrected chi connectivity index (χ4v) is 12.6. The van der Waals surface area contributed by atoms with Crippen molar-refractivity contribution in [2.45, 2.75) is 299 Å². The summed E-state index contributed by atoms with van der Waals surface area (Å²) < 4.78 is 52.2. The van der Waals surface area contributed by atoms with Gasteiger partial charge in [0.1, 0.15) is 90.2 Å². The van der Waals surface area contributed by atoms with E-state index in [4.69, 9.17) is 42.6 Å². The van der Waals surface area contributed by atoms with Gasteiger partial charge in [-0.1, -0.05) is 38.5 Å². The van der Waals surface area contributed by atoms with Crippen LogP contribution in [0.2, 0.25) is 0 Å². The van der Waals surface area contributed by atoms with Gasteiger partial charge in [-0.15, -0.1) is 0 Å². The molecule has 9 amide bonds. The van der Waals surface area contributed by atoms with Gasteiger partial charge < -0.3 is 141 Å². The second-order valence-corrected chi connectivity index (χ2v) is 29.0. The van der Waals surface area contributed by atoms with Crippen LogP contribution in [0.3, 0.4) is 0 Å². The predicted molar refractivity (Wildman–Crippen MR) is 403 cm³/mol. The number of carbonyl (C=O) groups is 11. The van der Waals surface area contributed by atoms with Crippen LogP contribution in [0.5, 0.6) is 0 Å². The number of unbranched alkanes of at least 4 members (excludes halogenated alkanes) is 11. The van der Waals surface area contributed by atoms with Crippen LogP contribution in [0.1, 0.15) is 201 Å². The molecule has 3 aliphatic rings. The van der Waals surface area contributed by atoms with Crippen LogP contribution in [-0.2, 0) is 95.4 Å². The molecule has 15 unspecified atom stereocenters. The quantitative estimate of drug-likeness (QED) is 0.0271. The SMILES string of the molecule is CC(=O)CCCCCCCCCCC(=O)NC(COCCC(=O)NCCCCC(=O)CCCCOC1OC(CO)C(O)C(O)C1NC(C)=O)(COCCC(=O)NCCCNC(=O)CCCCOC1OC(CO)C(O)C(O)C1NC(C)=O)COCCC(=O)NCCCNC(=O)CCCCOC1OC(CO)C(O)C(O)C1NC(C)=O.